The quantitative estimate of drug-likeness (QED) is 0.186. The number of pyridine rings is 1. The molecule has 0 unspecified atom stereocenters. The lowest BCUT2D eigenvalue weighted by Gasteiger charge is -2.58. The van der Waals surface area contributed by atoms with E-state index in [0.717, 1.165) is 76.9 Å². The van der Waals surface area contributed by atoms with Crippen LogP contribution in [0.25, 0.3) is 22.2 Å². The molecule has 46 heavy (non-hydrogen) atoms. The molecular formula is C43H55NO2. The Morgan fingerprint density at radius 1 is 0.913 bits per heavy atom. The standard InChI is InChI=1S/C43H55NO2/c1-28(2)12-11-13-29(3)36-20-21-37-34-19-18-31-26-32(22-24-42(31,4)38(34)23-25-43(36,37)5)46-41(45)35-27-40(30-14-7-6-8-15-30)44-39-17-10-9-16-33(35)39/h6-10,14-18,27-29,32,34,36-38H,11-13,19-26H2,1-5H3/t29-,32+,34+,36-,37+,38+,42+,43-/m1/s1. The minimum Gasteiger partial charge on any atom is -0.458 e. The summed E-state index contributed by atoms with van der Waals surface area (Å²) in [6.45, 7) is 12.6. The van der Waals surface area contributed by atoms with Crippen LogP contribution < -0.4 is 0 Å². The first kappa shape index (κ1) is 31.6. The molecule has 0 N–H and O–H groups in total. The van der Waals surface area contributed by atoms with Crippen molar-refractivity contribution in [3.05, 3.63) is 77.9 Å². The normalized spacial score (nSPS) is 32.7. The first-order valence-electron chi connectivity index (χ1n) is 18.5. The number of benzene rings is 2. The number of carbonyl (C=O) groups is 1. The maximum atomic E-state index is 13.9. The molecule has 244 valence electrons. The van der Waals surface area contributed by atoms with Gasteiger partial charge in [0.05, 0.1) is 16.8 Å². The molecule has 0 aliphatic heterocycles. The zero-order valence-corrected chi connectivity index (χ0v) is 28.9. The third-order valence-corrected chi connectivity index (χ3v) is 13.5. The van der Waals surface area contributed by atoms with E-state index in [4.69, 9.17) is 9.72 Å². The summed E-state index contributed by atoms with van der Waals surface area (Å²) >= 11 is 0. The number of para-hydroxylation sites is 1. The minimum atomic E-state index is -0.216. The van der Waals surface area contributed by atoms with Crippen molar-refractivity contribution in [3.63, 3.8) is 0 Å². The van der Waals surface area contributed by atoms with Crippen molar-refractivity contribution in [2.24, 2.45) is 46.3 Å². The van der Waals surface area contributed by atoms with Gasteiger partial charge in [-0.05, 0) is 103 Å². The average molecular weight is 618 g/mol. The molecule has 2 aromatic carbocycles. The molecule has 3 aromatic rings. The van der Waals surface area contributed by atoms with Gasteiger partial charge < -0.3 is 4.74 Å². The molecule has 3 heteroatoms. The topological polar surface area (TPSA) is 39.2 Å². The van der Waals surface area contributed by atoms with Crippen LogP contribution in [-0.2, 0) is 4.74 Å². The Labute approximate surface area is 277 Å². The third kappa shape index (κ3) is 5.64. The van der Waals surface area contributed by atoms with Crippen molar-refractivity contribution in [3.8, 4) is 11.3 Å². The highest BCUT2D eigenvalue weighted by atomic mass is 16.5. The lowest BCUT2D eigenvalue weighted by atomic mass is 9.47. The second-order valence-electron chi connectivity index (χ2n) is 16.5. The third-order valence-electron chi connectivity index (χ3n) is 13.5. The number of ether oxygens (including phenoxy) is 1. The molecule has 0 spiro atoms. The average Bonchev–Trinajstić information content (AvgIpc) is 3.42. The van der Waals surface area contributed by atoms with Crippen molar-refractivity contribution in [2.75, 3.05) is 0 Å². The summed E-state index contributed by atoms with van der Waals surface area (Å²) in [4.78, 5) is 18.7. The van der Waals surface area contributed by atoms with E-state index in [1.807, 2.05) is 60.7 Å². The number of aromatic nitrogens is 1. The van der Waals surface area contributed by atoms with Crippen molar-refractivity contribution < 1.29 is 9.53 Å². The van der Waals surface area contributed by atoms with Crippen LogP contribution in [0.1, 0.15) is 116 Å². The van der Waals surface area contributed by atoms with Crippen LogP contribution in [0.4, 0.5) is 0 Å². The molecule has 1 heterocycles. The zero-order chi connectivity index (χ0) is 32.1. The summed E-state index contributed by atoms with van der Waals surface area (Å²) in [5.74, 6) is 4.81. The minimum absolute atomic E-state index is 0.0631. The number of hydrogen-bond donors (Lipinski definition) is 0. The first-order valence-corrected chi connectivity index (χ1v) is 18.5. The summed E-state index contributed by atoms with van der Waals surface area (Å²) in [6, 6.07) is 20.0. The Bertz CT molecular complexity index is 1590. The predicted octanol–water partition coefficient (Wildman–Crippen LogP) is 11.5. The molecule has 3 nitrogen and oxygen atoms in total. The monoisotopic (exact) mass is 617 g/mol. The molecule has 0 radical (unpaired) electrons. The summed E-state index contributed by atoms with van der Waals surface area (Å²) in [7, 11) is 0. The molecule has 0 saturated heterocycles. The molecule has 4 aliphatic rings. The lowest BCUT2D eigenvalue weighted by molar-refractivity contribution is -0.0594. The lowest BCUT2D eigenvalue weighted by Crippen LogP contribution is -2.51. The number of rotatable bonds is 8. The SMILES string of the molecule is CC(C)CCC[C@@H](C)[C@H]1CC[C@H]2[C@@H]3CC=C4C[C@@H](OC(=O)c5cc(-c6ccccc6)nc6ccccc56)CC[C@]4(C)[C@H]3CC[C@]12C. The summed E-state index contributed by atoms with van der Waals surface area (Å²) < 4.78 is 6.37. The van der Waals surface area contributed by atoms with Gasteiger partial charge in [0, 0.05) is 17.4 Å². The van der Waals surface area contributed by atoms with Crippen LogP contribution in [0.3, 0.4) is 0 Å². The van der Waals surface area contributed by atoms with Crippen LogP contribution in [0.5, 0.6) is 0 Å². The number of fused-ring (bicyclic) bond motifs is 6. The Morgan fingerprint density at radius 3 is 2.50 bits per heavy atom. The van der Waals surface area contributed by atoms with E-state index in [9.17, 15) is 4.79 Å². The second kappa shape index (κ2) is 12.6. The number of nitrogens with zero attached hydrogens (tertiary/aromatic N) is 1. The van der Waals surface area contributed by atoms with Crippen molar-refractivity contribution in [2.45, 2.75) is 111 Å². The highest BCUT2D eigenvalue weighted by Gasteiger charge is 2.59. The second-order valence-corrected chi connectivity index (χ2v) is 16.5. The molecule has 0 amide bonds. The molecule has 0 bridgehead atoms. The Hall–Kier alpha value is -2.94. The van der Waals surface area contributed by atoms with E-state index in [1.165, 1.54) is 51.4 Å². The van der Waals surface area contributed by atoms with Crippen LogP contribution in [0, 0.1) is 46.3 Å². The fourth-order valence-electron chi connectivity index (χ4n) is 11.1. The fraction of sp³-hybridized carbons (Fsp3) is 0.581. The van der Waals surface area contributed by atoms with Gasteiger partial charge in [0.2, 0.25) is 0 Å². The van der Waals surface area contributed by atoms with E-state index >= 15 is 0 Å². The molecule has 1 aromatic heterocycles. The maximum absolute atomic E-state index is 13.9. The maximum Gasteiger partial charge on any atom is 0.339 e. The van der Waals surface area contributed by atoms with Gasteiger partial charge in [-0.1, -0.05) is 114 Å². The molecule has 8 atom stereocenters. The fourth-order valence-corrected chi connectivity index (χ4v) is 11.1. The molecule has 3 saturated carbocycles. The summed E-state index contributed by atoms with van der Waals surface area (Å²) in [5.41, 5.74) is 5.61. The van der Waals surface area contributed by atoms with E-state index in [-0.39, 0.29) is 17.5 Å². The Morgan fingerprint density at radius 2 is 1.70 bits per heavy atom. The van der Waals surface area contributed by atoms with E-state index in [0.29, 0.717) is 11.0 Å². The molecular weight excluding hydrogens is 562 g/mol. The van der Waals surface area contributed by atoms with Gasteiger partial charge in [0.25, 0.3) is 0 Å². The van der Waals surface area contributed by atoms with E-state index < -0.39 is 0 Å². The van der Waals surface area contributed by atoms with Crippen LogP contribution in [0.15, 0.2) is 72.3 Å². The number of allylic oxidation sites excluding steroid dienone is 1. The van der Waals surface area contributed by atoms with Gasteiger partial charge in [-0.2, -0.15) is 0 Å². The highest BCUT2D eigenvalue weighted by molar-refractivity contribution is 6.04. The van der Waals surface area contributed by atoms with Gasteiger partial charge in [0.15, 0.2) is 0 Å². The Kier molecular flexibility index (Phi) is 8.66. The van der Waals surface area contributed by atoms with Gasteiger partial charge in [-0.15, -0.1) is 0 Å². The van der Waals surface area contributed by atoms with Crippen molar-refractivity contribution in [1.82, 2.24) is 4.98 Å². The molecule has 7 rings (SSSR count). The first-order chi connectivity index (χ1) is 22.2. The molecule has 3 fully saturated rings. The summed E-state index contributed by atoms with van der Waals surface area (Å²) in [5, 5.41) is 0.863. The predicted molar refractivity (Wildman–Crippen MR) is 189 cm³/mol. The van der Waals surface area contributed by atoms with Crippen LogP contribution in [0.2, 0.25) is 0 Å². The van der Waals surface area contributed by atoms with Gasteiger partial charge in [-0.25, -0.2) is 9.78 Å². The zero-order valence-electron chi connectivity index (χ0n) is 28.9. The van der Waals surface area contributed by atoms with Crippen LogP contribution in [-0.4, -0.2) is 17.1 Å². The number of esters is 1. The van der Waals surface area contributed by atoms with E-state index in [1.54, 1.807) is 5.57 Å². The molecule has 4 aliphatic carbocycles. The number of hydrogen-bond acceptors (Lipinski definition) is 3. The Balaban J connectivity index is 1.06. The smallest absolute Gasteiger partial charge is 0.339 e. The van der Waals surface area contributed by atoms with Crippen LogP contribution >= 0.6 is 0 Å². The van der Waals surface area contributed by atoms with Gasteiger partial charge in [-0.3, -0.25) is 0 Å². The summed E-state index contributed by atoms with van der Waals surface area (Å²) in [6.07, 6.45) is 16.6. The largest absolute Gasteiger partial charge is 0.458 e. The highest BCUT2D eigenvalue weighted by Crippen LogP contribution is 2.67. The van der Waals surface area contributed by atoms with E-state index in [2.05, 4.69) is 40.7 Å². The van der Waals surface area contributed by atoms with Crippen molar-refractivity contribution >= 4 is 16.9 Å². The van der Waals surface area contributed by atoms with Crippen molar-refractivity contribution in [1.29, 1.82) is 0 Å². The van der Waals surface area contributed by atoms with Gasteiger partial charge in [0.1, 0.15) is 6.10 Å². The van der Waals surface area contributed by atoms with Gasteiger partial charge >= 0.3 is 5.97 Å². The number of carbonyl (C=O) groups excluding carboxylic acids is 1.